The Morgan fingerprint density at radius 2 is 1.90 bits per heavy atom. The second-order valence-corrected chi connectivity index (χ2v) is 8.67. The third-order valence-electron chi connectivity index (χ3n) is 7.01. The maximum absolute atomic E-state index is 12.1. The van der Waals surface area contributed by atoms with E-state index in [1.54, 1.807) is 13.2 Å². The van der Waals surface area contributed by atoms with Crippen LogP contribution < -0.4 is 11.1 Å². The summed E-state index contributed by atoms with van der Waals surface area (Å²) in [6.07, 6.45) is 3.29. The van der Waals surface area contributed by atoms with Gasteiger partial charge >= 0.3 is 5.97 Å². The van der Waals surface area contributed by atoms with Crippen molar-refractivity contribution < 1.29 is 19.1 Å². The summed E-state index contributed by atoms with van der Waals surface area (Å²) in [5.74, 6) is -0.495. The zero-order chi connectivity index (χ0) is 22.5. The molecule has 0 unspecified atom stereocenters. The van der Waals surface area contributed by atoms with E-state index < -0.39 is 5.91 Å². The number of esters is 1. The minimum Gasteiger partial charge on any atom is -0.469 e. The number of nitrogens with one attached hydrogen (secondary N) is 1. The SMILES string of the molecule is CCC1(CC)c2cc(C(N)=O)ccc2C[C@H](OC)[C@H]1NCC[C@@H](C(=O)OC)C(C)C. The number of hydrogen-bond acceptors (Lipinski definition) is 5. The quantitative estimate of drug-likeness (QED) is 0.570. The molecule has 3 N–H and O–H groups in total. The van der Waals surface area contributed by atoms with Crippen molar-refractivity contribution in [3.05, 3.63) is 34.9 Å². The summed E-state index contributed by atoms with van der Waals surface area (Å²) in [5, 5.41) is 3.72. The van der Waals surface area contributed by atoms with Crippen LogP contribution in [0.15, 0.2) is 18.2 Å². The van der Waals surface area contributed by atoms with Gasteiger partial charge in [-0.1, -0.05) is 33.8 Å². The molecule has 0 saturated carbocycles. The molecule has 0 aromatic heterocycles. The molecule has 30 heavy (non-hydrogen) atoms. The number of ether oxygens (including phenoxy) is 2. The highest BCUT2D eigenvalue weighted by Crippen LogP contribution is 2.44. The molecule has 3 atom stereocenters. The molecule has 1 aromatic carbocycles. The van der Waals surface area contributed by atoms with Crippen LogP contribution in [0.5, 0.6) is 0 Å². The summed E-state index contributed by atoms with van der Waals surface area (Å²) >= 11 is 0. The molecule has 2 rings (SSSR count). The fourth-order valence-electron chi connectivity index (χ4n) is 5.12. The summed E-state index contributed by atoms with van der Waals surface area (Å²) in [6.45, 7) is 9.15. The van der Waals surface area contributed by atoms with Crippen LogP contribution >= 0.6 is 0 Å². The van der Waals surface area contributed by atoms with Gasteiger partial charge in [0, 0.05) is 30.6 Å². The highest BCUT2D eigenvalue weighted by Gasteiger charge is 2.46. The number of methoxy groups -OCH3 is 2. The summed E-state index contributed by atoms with van der Waals surface area (Å²) in [4.78, 5) is 24.0. The highest BCUT2D eigenvalue weighted by molar-refractivity contribution is 5.93. The predicted octanol–water partition coefficient (Wildman–Crippen LogP) is 3.21. The molecule has 0 fully saturated rings. The Balaban J connectivity index is 2.35. The Morgan fingerprint density at radius 3 is 2.40 bits per heavy atom. The van der Waals surface area contributed by atoms with E-state index in [-0.39, 0.29) is 35.4 Å². The fourth-order valence-corrected chi connectivity index (χ4v) is 5.12. The van der Waals surface area contributed by atoms with Gasteiger partial charge in [0.1, 0.15) is 0 Å². The highest BCUT2D eigenvalue weighted by atomic mass is 16.5. The second kappa shape index (κ2) is 10.4. The topological polar surface area (TPSA) is 90.7 Å². The van der Waals surface area contributed by atoms with Crippen molar-refractivity contribution in [3.63, 3.8) is 0 Å². The van der Waals surface area contributed by atoms with Crippen LogP contribution in [0.1, 0.15) is 68.4 Å². The normalized spacial score (nSPS) is 21.2. The zero-order valence-corrected chi connectivity index (χ0v) is 19.3. The number of hydrogen-bond donors (Lipinski definition) is 2. The van der Waals surface area contributed by atoms with Crippen molar-refractivity contribution in [1.29, 1.82) is 0 Å². The van der Waals surface area contributed by atoms with Crippen LogP contribution in [-0.2, 0) is 26.1 Å². The first kappa shape index (κ1) is 24.4. The Hall–Kier alpha value is -1.92. The third kappa shape index (κ3) is 4.70. The van der Waals surface area contributed by atoms with Crippen LogP contribution in [0.4, 0.5) is 0 Å². The van der Waals surface area contributed by atoms with Crippen LogP contribution in [-0.4, -0.2) is 44.8 Å². The minimum atomic E-state index is -0.407. The summed E-state index contributed by atoms with van der Waals surface area (Å²) in [5.41, 5.74) is 8.32. The van der Waals surface area contributed by atoms with E-state index in [2.05, 4.69) is 19.2 Å². The average Bonchev–Trinajstić information content (AvgIpc) is 2.74. The first-order valence-corrected chi connectivity index (χ1v) is 11.0. The van der Waals surface area contributed by atoms with Crippen molar-refractivity contribution in [2.24, 2.45) is 17.6 Å². The molecule has 0 aliphatic heterocycles. The van der Waals surface area contributed by atoms with Crippen molar-refractivity contribution >= 4 is 11.9 Å². The summed E-state index contributed by atoms with van der Waals surface area (Å²) < 4.78 is 10.9. The molecular weight excluding hydrogens is 380 g/mol. The number of benzene rings is 1. The van der Waals surface area contributed by atoms with Gasteiger partial charge in [-0.05, 0) is 55.0 Å². The maximum Gasteiger partial charge on any atom is 0.308 e. The number of nitrogens with two attached hydrogens (primary N) is 1. The Labute approximate surface area is 180 Å². The molecule has 0 bridgehead atoms. The van der Waals surface area contributed by atoms with E-state index in [0.29, 0.717) is 18.5 Å². The molecule has 0 spiro atoms. The molecule has 1 amide bonds. The van der Waals surface area contributed by atoms with Gasteiger partial charge in [0.2, 0.25) is 5.91 Å². The summed E-state index contributed by atoms with van der Waals surface area (Å²) in [7, 11) is 3.20. The van der Waals surface area contributed by atoms with E-state index in [9.17, 15) is 9.59 Å². The second-order valence-electron chi connectivity index (χ2n) is 8.67. The van der Waals surface area contributed by atoms with Crippen LogP contribution in [0.3, 0.4) is 0 Å². The lowest BCUT2D eigenvalue weighted by Crippen LogP contribution is -2.59. The minimum absolute atomic E-state index is 0.00690. The number of carbonyl (C=O) groups excluding carboxylic acids is 2. The van der Waals surface area contributed by atoms with Crippen LogP contribution in [0.25, 0.3) is 0 Å². The third-order valence-corrected chi connectivity index (χ3v) is 7.01. The number of carbonyl (C=O) groups is 2. The Kier molecular flexibility index (Phi) is 8.44. The van der Waals surface area contributed by atoms with Gasteiger partial charge in [-0.2, -0.15) is 0 Å². The average molecular weight is 419 g/mol. The smallest absolute Gasteiger partial charge is 0.308 e. The molecule has 1 aliphatic carbocycles. The predicted molar refractivity (Wildman–Crippen MR) is 118 cm³/mol. The molecule has 0 heterocycles. The van der Waals surface area contributed by atoms with Crippen molar-refractivity contribution in [1.82, 2.24) is 5.32 Å². The van der Waals surface area contributed by atoms with Crippen molar-refractivity contribution in [2.75, 3.05) is 20.8 Å². The van der Waals surface area contributed by atoms with Gasteiger partial charge in [-0.25, -0.2) is 0 Å². The van der Waals surface area contributed by atoms with Gasteiger partial charge in [0.05, 0.1) is 19.1 Å². The first-order chi connectivity index (χ1) is 14.2. The van der Waals surface area contributed by atoms with Crippen LogP contribution in [0, 0.1) is 11.8 Å². The van der Waals surface area contributed by atoms with Gasteiger partial charge < -0.3 is 20.5 Å². The van der Waals surface area contributed by atoms with E-state index in [0.717, 1.165) is 19.3 Å². The lowest BCUT2D eigenvalue weighted by atomic mass is 9.62. The number of rotatable bonds is 10. The van der Waals surface area contributed by atoms with Crippen molar-refractivity contribution in [3.8, 4) is 0 Å². The monoisotopic (exact) mass is 418 g/mol. The van der Waals surface area contributed by atoms with E-state index >= 15 is 0 Å². The van der Waals surface area contributed by atoms with E-state index in [1.165, 1.54) is 18.2 Å². The lowest BCUT2D eigenvalue weighted by molar-refractivity contribution is -0.147. The molecule has 6 nitrogen and oxygen atoms in total. The standard InChI is InChI=1S/C24H38N2O4/c1-7-24(8-2)19-13-17(22(25)27)10-9-16(19)14-20(29-5)21(24)26-12-11-18(15(3)4)23(28)30-6/h9-10,13,15,18,20-21,26H,7-8,11-12,14H2,1-6H3,(H2,25,27)/t18-,20+,21-/m1/s1. The molecular formula is C24H38N2O4. The largest absolute Gasteiger partial charge is 0.469 e. The van der Waals surface area contributed by atoms with Gasteiger partial charge in [-0.3, -0.25) is 9.59 Å². The first-order valence-electron chi connectivity index (χ1n) is 11.0. The maximum atomic E-state index is 12.1. The molecule has 168 valence electrons. The van der Waals surface area contributed by atoms with Gasteiger partial charge in [0.15, 0.2) is 0 Å². The Bertz CT molecular complexity index is 743. The number of amides is 1. The Morgan fingerprint density at radius 1 is 1.23 bits per heavy atom. The van der Waals surface area contributed by atoms with Crippen molar-refractivity contribution in [2.45, 2.75) is 70.9 Å². The van der Waals surface area contributed by atoms with E-state index in [1.807, 2.05) is 26.0 Å². The van der Waals surface area contributed by atoms with E-state index in [4.69, 9.17) is 15.2 Å². The van der Waals surface area contributed by atoms with Crippen LogP contribution in [0.2, 0.25) is 0 Å². The fraction of sp³-hybridized carbons (Fsp3) is 0.667. The number of primary amides is 1. The lowest BCUT2D eigenvalue weighted by Gasteiger charge is -2.49. The molecule has 6 heteroatoms. The number of fused-ring (bicyclic) bond motifs is 1. The molecule has 0 radical (unpaired) electrons. The molecule has 1 aliphatic rings. The summed E-state index contributed by atoms with van der Waals surface area (Å²) in [6, 6.07) is 5.86. The van der Waals surface area contributed by atoms with Gasteiger partial charge in [0.25, 0.3) is 0 Å². The van der Waals surface area contributed by atoms with Gasteiger partial charge in [-0.15, -0.1) is 0 Å². The zero-order valence-electron chi connectivity index (χ0n) is 19.3. The molecule has 1 aromatic rings. The molecule has 0 saturated heterocycles.